The Balaban J connectivity index is 2.40. The largest absolute Gasteiger partial charge is 0.312 e. The van der Waals surface area contributed by atoms with E-state index in [1.165, 1.54) is 18.7 Å². The van der Waals surface area contributed by atoms with E-state index in [-0.39, 0.29) is 5.91 Å². The summed E-state index contributed by atoms with van der Waals surface area (Å²) < 4.78 is 0.498. The summed E-state index contributed by atoms with van der Waals surface area (Å²) in [5.41, 5.74) is 1.12. The van der Waals surface area contributed by atoms with Gasteiger partial charge in [-0.3, -0.25) is 4.79 Å². The predicted octanol–water partition coefficient (Wildman–Crippen LogP) is 2.99. The third-order valence-electron chi connectivity index (χ3n) is 1.56. The molecule has 1 amide bonds. The molecule has 0 aliphatic heterocycles. The molecule has 0 aliphatic carbocycles. The topological polar surface area (TPSA) is 29.1 Å². The van der Waals surface area contributed by atoms with Crippen LogP contribution in [0.25, 0.3) is 0 Å². The number of hydrogen-bond acceptors (Lipinski definition) is 3. The highest BCUT2D eigenvalue weighted by Crippen LogP contribution is 2.15. The van der Waals surface area contributed by atoms with Gasteiger partial charge in [-0.1, -0.05) is 47.7 Å². The highest BCUT2D eigenvalue weighted by molar-refractivity contribution is 8.22. The van der Waals surface area contributed by atoms with Crippen molar-refractivity contribution in [2.75, 3.05) is 0 Å². The van der Waals surface area contributed by atoms with Gasteiger partial charge in [0.05, 0.1) is 0 Å². The van der Waals surface area contributed by atoms with Gasteiger partial charge < -0.3 is 5.32 Å². The zero-order valence-electron chi connectivity index (χ0n) is 8.12. The summed E-state index contributed by atoms with van der Waals surface area (Å²) in [5, 5.41) is 3.27. The van der Waals surface area contributed by atoms with Crippen molar-refractivity contribution in [1.29, 1.82) is 0 Å². The fourth-order valence-corrected chi connectivity index (χ4v) is 2.06. The normalized spacial score (nSPS) is 9.73. The fraction of sp³-hybridized carbons (Fsp3) is 0.200. The van der Waals surface area contributed by atoms with Gasteiger partial charge in [0, 0.05) is 17.7 Å². The van der Waals surface area contributed by atoms with E-state index in [9.17, 15) is 4.79 Å². The van der Waals surface area contributed by atoms with Gasteiger partial charge in [-0.15, -0.1) is 0 Å². The molecule has 0 spiro atoms. The van der Waals surface area contributed by atoms with Crippen LogP contribution in [-0.2, 0) is 10.5 Å². The lowest BCUT2D eigenvalue weighted by atomic mass is 10.2. The van der Waals surface area contributed by atoms with Crippen molar-refractivity contribution in [3.05, 3.63) is 34.9 Å². The third-order valence-corrected chi connectivity index (χ3v) is 3.11. The summed E-state index contributed by atoms with van der Waals surface area (Å²) in [6.07, 6.45) is 0. The molecule has 0 aliphatic rings. The maximum Gasteiger partial charge on any atom is 0.222 e. The number of halogens is 1. The van der Waals surface area contributed by atoms with Crippen molar-refractivity contribution in [2.45, 2.75) is 12.7 Å². The van der Waals surface area contributed by atoms with Crippen LogP contribution in [0.2, 0.25) is 5.02 Å². The maximum atomic E-state index is 10.7. The van der Waals surface area contributed by atoms with Gasteiger partial charge in [0.25, 0.3) is 0 Å². The zero-order chi connectivity index (χ0) is 11.3. The van der Waals surface area contributed by atoms with Crippen molar-refractivity contribution >= 4 is 45.8 Å². The number of carbonyl (C=O) groups is 1. The standard InChI is InChI=1S/C10H10ClNOS2/c1-7(13)12-10(14)15-6-8-2-4-9(11)5-3-8/h2-5H,6H2,1H3,(H,12,13,14). The summed E-state index contributed by atoms with van der Waals surface area (Å²) in [6, 6.07) is 7.54. The van der Waals surface area contributed by atoms with E-state index in [1.807, 2.05) is 24.3 Å². The zero-order valence-corrected chi connectivity index (χ0v) is 10.5. The lowest BCUT2D eigenvalue weighted by molar-refractivity contribution is -0.117. The van der Waals surface area contributed by atoms with Crippen molar-refractivity contribution in [1.82, 2.24) is 5.32 Å². The van der Waals surface area contributed by atoms with Gasteiger partial charge in [-0.2, -0.15) is 0 Å². The van der Waals surface area contributed by atoms with Gasteiger partial charge in [0.15, 0.2) is 0 Å². The Hall–Kier alpha value is -0.580. The van der Waals surface area contributed by atoms with E-state index >= 15 is 0 Å². The molecule has 0 heterocycles. The molecule has 0 saturated heterocycles. The summed E-state index contributed by atoms with van der Waals surface area (Å²) in [5.74, 6) is 0.597. The Morgan fingerprint density at radius 3 is 2.60 bits per heavy atom. The Kier molecular flexibility index (Phi) is 5.08. The van der Waals surface area contributed by atoms with Crippen molar-refractivity contribution in [2.24, 2.45) is 0 Å². The minimum absolute atomic E-state index is 0.136. The SMILES string of the molecule is CC(=O)NC(=S)SCc1ccc(Cl)cc1. The smallest absolute Gasteiger partial charge is 0.222 e. The van der Waals surface area contributed by atoms with Crippen molar-refractivity contribution in [3.8, 4) is 0 Å². The Labute approximate surface area is 103 Å². The van der Waals surface area contributed by atoms with Gasteiger partial charge >= 0.3 is 0 Å². The van der Waals surface area contributed by atoms with Crippen LogP contribution < -0.4 is 5.32 Å². The van der Waals surface area contributed by atoms with Crippen molar-refractivity contribution < 1.29 is 4.79 Å². The molecule has 1 rings (SSSR count). The molecule has 0 aromatic heterocycles. The highest BCUT2D eigenvalue weighted by Gasteiger charge is 2.00. The third kappa shape index (κ3) is 5.16. The van der Waals surface area contributed by atoms with Crippen LogP contribution >= 0.6 is 35.6 Å². The van der Waals surface area contributed by atoms with Gasteiger partial charge in [-0.25, -0.2) is 0 Å². The number of amides is 1. The van der Waals surface area contributed by atoms with Crippen LogP contribution in [0.1, 0.15) is 12.5 Å². The molecule has 1 N–H and O–H groups in total. The van der Waals surface area contributed by atoms with E-state index in [4.69, 9.17) is 23.8 Å². The van der Waals surface area contributed by atoms with Crippen LogP contribution in [0.5, 0.6) is 0 Å². The molecule has 1 aromatic rings. The van der Waals surface area contributed by atoms with Crippen LogP contribution in [0.3, 0.4) is 0 Å². The molecule has 0 atom stereocenters. The van der Waals surface area contributed by atoms with E-state index in [0.717, 1.165) is 11.3 Å². The molecule has 0 saturated carbocycles. The first kappa shape index (κ1) is 12.5. The van der Waals surface area contributed by atoms with Crippen molar-refractivity contribution in [3.63, 3.8) is 0 Å². The lowest BCUT2D eigenvalue weighted by Crippen LogP contribution is -2.23. The molecule has 15 heavy (non-hydrogen) atoms. The van der Waals surface area contributed by atoms with Crippen LogP contribution in [0, 0.1) is 0 Å². The molecular formula is C10H10ClNOS2. The average molecular weight is 260 g/mol. The summed E-state index contributed by atoms with van der Waals surface area (Å²) in [7, 11) is 0. The van der Waals surface area contributed by atoms with Gasteiger partial charge in [0.1, 0.15) is 4.32 Å². The average Bonchev–Trinajstić information content (AvgIpc) is 2.16. The monoisotopic (exact) mass is 259 g/mol. The second-order valence-corrected chi connectivity index (χ2v) is 4.97. The summed E-state index contributed by atoms with van der Waals surface area (Å²) in [4.78, 5) is 10.7. The lowest BCUT2D eigenvalue weighted by Gasteiger charge is -2.03. The van der Waals surface area contributed by atoms with Gasteiger partial charge in [0.2, 0.25) is 5.91 Å². The van der Waals surface area contributed by atoms with Crippen LogP contribution in [-0.4, -0.2) is 10.2 Å². The number of thioether (sulfide) groups is 1. The Bertz CT molecular complexity index is 364. The number of nitrogens with one attached hydrogen (secondary N) is 1. The maximum absolute atomic E-state index is 10.7. The van der Waals surface area contributed by atoms with E-state index in [0.29, 0.717) is 9.34 Å². The second-order valence-electron chi connectivity index (χ2n) is 2.88. The molecule has 0 radical (unpaired) electrons. The Morgan fingerprint density at radius 2 is 2.07 bits per heavy atom. The number of hydrogen-bond donors (Lipinski definition) is 1. The molecule has 0 unspecified atom stereocenters. The number of benzene rings is 1. The summed E-state index contributed by atoms with van der Waals surface area (Å²) in [6.45, 7) is 1.44. The number of rotatable bonds is 2. The summed E-state index contributed by atoms with van der Waals surface area (Å²) >= 11 is 12.1. The number of thiocarbonyl (C=S) groups is 1. The first-order chi connectivity index (χ1) is 7.08. The van der Waals surface area contributed by atoms with E-state index < -0.39 is 0 Å². The minimum atomic E-state index is -0.136. The molecule has 1 aromatic carbocycles. The molecule has 0 bridgehead atoms. The van der Waals surface area contributed by atoms with Crippen LogP contribution in [0.4, 0.5) is 0 Å². The number of carbonyl (C=O) groups excluding carboxylic acids is 1. The molecular weight excluding hydrogens is 250 g/mol. The quantitative estimate of drug-likeness (QED) is 0.828. The fourth-order valence-electron chi connectivity index (χ4n) is 0.909. The highest BCUT2D eigenvalue weighted by atomic mass is 35.5. The van der Waals surface area contributed by atoms with E-state index in [1.54, 1.807) is 0 Å². The molecule has 5 heteroatoms. The predicted molar refractivity (Wildman–Crippen MR) is 69.2 cm³/mol. The van der Waals surface area contributed by atoms with Gasteiger partial charge in [-0.05, 0) is 17.7 Å². The first-order valence-corrected chi connectivity index (χ1v) is 6.04. The minimum Gasteiger partial charge on any atom is -0.312 e. The molecule has 2 nitrogen and oxygen atoms in total. The molecule has 0 fully saturated rings. The first-order valence-electron chi connectivity index (χ1n) is 4.26. The second kappa shape index (κ2) is 6.10. The Morgan fingerprint density at radius 1 is 1.47 bits per heavy atom. The van der Waals surface area contributed by atoms with E-state index in [2.05, 4.69) is 5.32 Å². The van der Waals surface area contributed by atoms with Crippen LogP contribution in [0.15, 0.2) is 24.3 Å². The molecule has 80 valence electrons.